The zero-order valence-electron chi connectivity index (χ0n) is 14.2. The van der Waals surface area contributed by atoms with Crippen LogP contribution in [0.25, 0.3) is 11.3 Å². The summed E-state index contributed by atoms with van der Waals surface area (Å²) in [7, 11) is 0. The first-order valence-electron chi connectivity index (χ1n) is 8.03. The molecule has 3 aromatic rings. The zero-order valence-corrected chi connectivity index (χ0v) is 15.8. The third-order valence-corrected chi connectivity index (χ3v) is 4.30. The summed E-state index contributed by atoms with van der Waals surface area (Å²) in [5.41, 5.74) is -0.163. The van der Waals surface area contributed by atoms with Crippen LogP contribution in [-0.2, 0) is 17.5 Å². The predicted molar refractivity (Wildman–Crippen MR) is 102 cm³/mol. The number of hydrogen-bond acceptors (Lipinski definition) is 3. The molecule has 144 valence electrons. The fourth-order valence-corrected chi connectivity index (χ4v) is 2.71. The van der Waals surface area contributed by atoms with Gasteiger partial charge in [0.25, 0.3) is 5.56 Å². The molecule has 0 spiro atoms. The number of anilines is 1. The minimum atomic E-state index is -4.52. The molecule has 28 heavy (non-hydrogen) atoms. The summed E-state index contributed by atoms with van der Waals surface area (Å²) in [6, 6.07) is 14.3. The lowest BCUT2D eigenvalue weighted by atomic mass is 10.1. The first-order valence-corrected chi connectivity index (χ1v) is 8.83. The van der Waals surface area contributed by atoms with E-state index in [9.17, 15) is 22.8 Å². The molecule has 0 fully saturated rings. The molecule has 1 amide bonds. The molecule has 0 aliphatic rings. The minimum absolute atomic E-state index is 0.0167. The number of benzene rings is 2. The van der Waals surface area contributed by atoms with E-state index in [1.807, 2.05) is 12.1 Å². The molecular formula is C19H13BrF3N3O2. The third-order valence-electron chi connectivity index (χ3n) is 3.77. The number of carbonyl (C=O) groups is 1. The van der Waals surface area contributed by atoms with E-state index in [2.05, 4.69) is 26.3 Å². The molecule has 0 radical (unpaired) electrons. The van der Waals surface area contributed by atoms with Gasteiger partial charge in [-0.25, -0.2) is 4.68 Å². The molecule has 1 N–H and O–H groups in total. The quantitative estimate of drug-likeness (QED) is 0.641. The van der Waals surface area contributed by atoms with Gasteiger partial charge in [0.1, 0.15) is 6.54 Å². The van der Waals surface area contributed by atoms with Gasteiger partial charge >= 0.3 is 6.18 Å². The Bertz CT molecular complexity index is 1060. The molecule has 5 nitrogen and oxygen atoms in total. The molecule has 2 aromatic carbocycles. The summed E-state index contributed by atoms with van der Waals surface area (Å²) in [6.45, 7) is -0.431. The highest BCUT2D eigenvalue weighted by atomic mass is 79.9. The lowest BCUT2D eigenvalue weighted by Gasteiger charge is -2.11. The normalized spacial score (nSPS) is 11.3. The third kappa shape index (κ3) is 4.86. The van der Waals surface area contributed by atoms with Gasteiger partial charge in [-0.15, -0.1) is 0 Å². The van der Waals surface area contributed by atoms with Crippen molar-refractivity contribution in [3.8, 4) is 11.3 Å². The van der Waals surface area contributed by atoms with Crippen LogP contribution in [0.5, 0.6) is 0 Å². The summed E-state index contributed by atoms with van der Waals surface area (Å²) in [6.07, 6.45) is -4.52. The Hall–Kier alpha value is -2.94. The lowest BCUT2D eigenvalue weighted by Crippen LogP contribution is -2.29. The topological polar surface area (TPSA) is 64.0 Å². The van der Waals surface area contributed by atoms with Crippen LogP contribution in [0.3, 0.4) is 0 Å². The highest BCUT2D eigenvalue weighted by Gasteiger charge is 2.30. The number of amides is 1. The summed E-state index contributed by atoms with van der Waals surface area (Å²) in [4.78, 5) is 24.2. The largest absolute Gasteiger partial charge is 0.416 e. The Labute approximate surface area is 165 Å². The van der Waals surface area contributed by atoms with Crippen LogP contribution in [0.2, 0.25) is 0 Å². The first-order chi connectivity index (χ1) is 13.2. The molecule has 0 atom stereocenters. The van der Waals surface area contributed by atoms with Gasteiger partial charge in [0, 0.05) is 21.8 Å². The van der Waals surface area contributed by atoms with Gasteiger partial charge in [-0.05, 0) is 36.4 Å². The van der Waals surface area contributed by atoms with Gasteiger partial charge < -0.3 is 5.32 Å². The van der Waals surface area contributed by atoms with Crippen LogP contribution in [-0.4, -0.2) is 15.7 Å². The van der Waals surface area contributed by atoms with E-state index in [0.29, 0.717) is 5.69 Å². The van der Waals surface area contributed by atoms with E-state index in [-0.39, 0.29) is 5.69 Å². The van der Waals surface area contributed by atoms with Crippen LogP contribution in [0.15, 0.2) is 69.9 Å². The van der Waals surface area contributed by atoms with Crippen molar-refractivity contribution >= 4 is 27.5 Å². The van der Waals surface area contributed by atoms with E-state index in [1.54, 1.807) is 12.1 Å². The van der Waals surface area contributed by atoms with Crippen LogP contribution in [0, 0.1) is 0 Å². The molecule has 0 aliphatic heterocycles. The second kappa shape index (κ2) is 7.97. The van der Waals surface area contributed by atoms with Crippen molar-refractivity contribution in [3.63, 3.8) is 0 Å². The lowest BCUT2D eigenvalue weighted by molar-refractivity contribution is -0.137. The summed E-state index contributed by atoms with van der Waals surface area (Å²) in [5.74, 6) is -0.665. The van der Waals surface area contributed by atoms with Gasteiger partial charge in [-0.1, -0.05) is 34.1 Å². The number of nitrogens with one attached hydrogen (secondary N) is 1. The molecule has 0 saturated carbocycles. The number of hydrogen-bond donors (Lipinski definition) is 1. The Morgan fingerprint density at radius 1 is 1.07 bits per heavy atom. The van der Waals surface area contributed by atoms with E-state index < -0.39 is 29.8 Å². The van der Waals surface area contributed by atoms with Crippen molar-refractivity contribution in [3.05, 3.63) is 81.1 Å². The minimum Gasteiger partial charge on any atom is -0.324 e. The standard InChI is InChI=1S/C19H13BrF3N3O2/c20-14-6-4-12(5-7-14)16-8-9-18(28)26(25-16)11-17(27)24-15-3-1-2-13(10-15)19(21,22)23/h1-10H,11H2,(H,24,27). The van der Waals surface area contributed by atoms with Crippen molar-refractivity contribution < 1.29 is 18.0 Å². The first kappa shape index (κ1) is 19.8. The van der Waals surface area contributed by atoms with Crippen molar-refractivity contribution in [2.24, 2.45) is 0 Å². The average Bonchev–Trinajstić information content (AvgIpc) is 2.64. The fourth-order valence-electron chi connectivity index (χ4n) is 2.45. The monoisotopic (exact) mass is 451 g/mol. The Balaban J connectivity index is 1.78. The van der Waals surface area contributed by atoms with Gasteiger partial charge in [-0.3, -0.25) is 9.59 Å². The molecule has 0 saturated heterocycles. The number of halogens is 4. The van der Waals surface area contributed by atoms with Crippen molar-refractivity contribution in [2.75, 3.05) is 5.32 Å². The maximum Gasteiger partial charge on any atom is 0.416 e. The van der Waals surface area contributed by atoms with Gasteiger partial charge in [0.15, 0.2) is 0 Å². The van der Waals surface area contributed by atoms with Crippen LogP contribution in [0.4, 0.5) is 18.9 Å². The number of alkyl halides is 3. The van der Waals surface area contributed by atoms with Gasteiger partial charge in [0.2, 0.25) is 5.91 Å². The molecule has 1 heterocycles. The summed E-state index contributed by atoms with van der Waals surface area (Å²) >= 11 is 3.33. The molecule has 3 rings (SSSR count). The number of aromatic nitrogens is 2. The van der Waals surface area contributed by atoms with Crippen LogP contribution >= 0.6 is 15.9 Å². The zero-order chi connectivity index (χ0) is 20.3. The highest BCUT2D eigenvalue weighted by molar-refractivity contribution is 9.10. The number of carbonyl (C=O) groups excluding carboxylic acids is 1. The molecule has 0 aliphatic carbocycles. The number of rotatable bonds is 4. The van der Waals surface area contributed by atoms with Crippen molar-refractivity contribution in [1.29, 1.82) is 0 Å². The molecular weight excluding hydrogens is 439 g/mol. The highest BCUT2D eigenvalue weighted by Crippen LogP contribution is 2.30. The maximum absolute atomic E-state index is 12.8. The van der Waals surface area contributed by atoms with Crippen molar-refractivity contribution in [2.45, 2.75) is 12.7 Å². The second-order valence-corrected chi connectivity index (χ2v) is 6.76. The Morgan fingerprint density at radius 2 is 1.79 bits per heavy atom. The molecule has 9 heteroatoms. The van der Waals surface area contributed by atoms with Crippen molar-refractivity contribution in [1.82, 2.24) is 9.78 Å². The fraction of sp³-hybridized carbons (Fsp3) is 0.105. The Kier molecular flexibility index (Phi) is 5.64. The van der Waals surface area contributed by atoms with Crippen LogP contribution < -0.4 is 10.9 Å². The predicted octanol–water partition coefficient (Wildman–Crippen LogP) is 4.33. The van der Waals surface area contributed by atoms with E-state index >= 15 is 0 Å². The average molecular weight is 452 g/mol. The molecule has 0 unspecified atom stereocenters. The second-order valence-electron chi connectivity index (χ2n) is 5.85. The molecule has 1 aromatic heterocycles. The maximum atomic E-state index is 12.8. The SMILES string of the molecule is O=C(Cn1nc(-c2ccc(Br)cc2)ccc1=O)Nc1cccc(C(F)(F)F)c1. The van der Waals surface area contributed by atoms with Gasteiger partial charge in [-0.2, -0.15) is 18.3 Å². The number of nitrogens with zero attached hydrogens (tertiary/aromatic N) is 2. The molecule has 0 bridgehead atoms. The summed E-state index contributed by atoms with van der Waals surface area (Å²) < 4.78 is 40.1. The van der Waals surface area contributed by atoms with Crippen LogP contribution in [0.1, 0.15) is 5.56 Å². The smallest absolute Gasteiger partial charge is 0.324 e. The van der Waals surface area contributed by atoms with E-state index in [0.717, 1.165) is 26.9 Å². The Morgan fingerprint density at radius 3 is 2.46 bits per heavy atom. The van der Waals surface area contributed by atoms with E-state index in [1.165, 1.54) is 24.3 Å². The van der Waals surface area contributed by atoms with E-state index in [4.69, 9.17) is 0 Å². The van der Waals surface area contributed by atoms with Gasteiger partial charge in [0.05, 0.1) is 11.3 Å². The summed E-state index contributed by atoms with van der Waals surface area (Å²) in [5, 5.41) is 6.51.